The minimum Gasteiger partial charge on any atom is -0.152 e. The fourth-order valence-electron chi connectivity index (χ4n) is 2.09. The number of hydrogen-bond acceptors (Lipinski definition) is 1. The van der Waals surface area contributed by atoms with Crippen molar-refractivity contribution in [3.63, 3.8) is 0 Å². The minimum atomic E-state index is 1.04. The van der Waals surface area contributed by atoms with Crippen molar-refractivity contribution in [1.82, 2.24) is 0 Å². The standard InChI is InChI=1S/C18H20S/c1-4-16-7-9-17(10-8-16)14(2)5-6-15(3)18-11-12-19-13-18/h5-7,9,11-13H,2-4,8,10H2,1H3/b6-5-. The molecule has 2 rings (SSSR count). The summed E-state index contributed by atoms with van der Waals surface area (Å²) in [6, 6.07) is 2.09. The predicted molar refractivity (Wildman–Crippen MR) is 87.3 cm³/mol. The van der Waals surface area contributed by atoms with Crippen LogP contribution in [0.3, 0.4) is 0 Å². The van der Waals surface area contributed by atoms with Gasteiger partial charge in [-0.25, -0.2) is 0 Å². The Balaban J connectivity index is 2.00. The first-order chi connectivity index (χ1) is 9.20. The second kappa shape index (κ2) is 6.53. The van der Waals surface area contributed by atoms with E-state index >= 15 is 0 Å². The van der Waals surface area contributed by atoms with Gasteiger partial charge in [0.2, 0.25) is 0 Å². The maximum Gasteiger partial charge on any atom is -0.00149 e. The van der Waals surface area contributed by atoms with Gasteiger partial charge < -0.3 is 0 Å². The van der Waals surface area contributed by atoms with Crippen LogP contribution < -0.4 is 0 Å². The first-order valence-electron chi connectivity index (χ1n) is 6.68. The van der Waals surface area contributed by atoms with Crippen molar-refractivity contribution < 1.29 is 0 Å². The third-order valence-corrected chi connectivity index (χ3v) is 4.16. The van der Waals surface area contributed by atoms with Gasteiger partial charge in [0, 0.05) is 0 Å². The molecule has 1 aliphatic carbocycles. The summed E-state index contributed by atoms with van der Waals surface area (Å²) in [5.41, 5.74) is 6.21. The Kier molecular flexibility index (Phi) is 4.75. The van der Waals surface area contributed by atoms with Crippen LogP contribution in [0.5, 0.6) is 0 Å². The predicted octanol–water partition coefficient (Wildman–Crippen LogP) is 5.93. The van der Waals surface area contributed by atoms with E-state index in [-0.39, 0.29) is 0 Å². The lowest BCUT2D eigenvalue weighted by atomic mass is 9.92. The molecule has 0 spiro atoms. The van der Waals surface area contributed by atoms with Gasteiger partial charge in [0.25, 0.3) is 0 Å². The van der Waals surface area contributed by atoms with Crippen LogP contribution in [0.2, 0.25) is 0 Å². The first kappa shape index (κ1) is 13.8. The monoisotopic (exact) mass is 268 g/mol. The van der Waals surface area contributed by atoms with E-state index in [4.69, 9.17) is 0 Å². The summed E-state index contributed by atoms with van der Waals surface area (Å²) in [5.74, 6) is 0. The summed E-state index contributed by atoms with van der Waals surface area (Å²) in [7, 11) is 0. The Bertz CT molecular complexity index is 551. The van der Waals surface area contributed by atoms with Gasteiger partial charge in [-0.3, -0.25) is 0 Å². The molecule has 0 amide bonds. The summed E-state index contributed by atoms with van der Waals surface area (Å²) in [6.07, 6.45) is 12.0. The molecule has 0 aliphatic heterocycles. The smallest absolute Gasteiger partial charge is 0.00149 e. The quantitative estimate of drug-likeness (QED) is 0.580. The molecule has 0 saturated heterocycles. The Hall–Kier alpha value is -1.60. The summed E-state index contributed by atoms with van der Waals surface area (Å²) in [6.45, 7) is 10.5. The van der Waals surface area contributed by atoms with Crippen LogP contribution in [0.15, 0.2) is 71.0 Å². The topological polar surface area (TPSA) is 0 Å². The SMILES string of the molecule is C=C(/C=C\C(=C)c1ccsc1)C1=CC=C(CC)CC1. The lowest BCUT2D eigenvalue weighted by molar-refractivity contribution is 0.867. The van der Waals surface area contributed by atoms with Crippen molar-refractivity contribution >= 4 is 16.9 Å². The van der Waals surface area contributed by atoms with Crippen LogP contribution in [0.25, 0.3) is 5.57 Å². The van der Waals surface area contributed by atoms with Gasteiger partial charge in [-0.15, -0.1) is 0 Å². The summed E-state index contributed by atoms with van der Waals surface area (Å²) >= 11 is 1.70. The van der Waals surface area contributed by atoms with E-state index in [1.807, 2.05) is 0 Å². The van der Waals surface area contributed by atoms with Crippen LogP contribution in [0.1, 0.15) is 31.7 Å². The zero-order chi connectivity index (χ0) is 13.7. The summed E-state index contributed by atoms with van der Waals surface area (Å²) in [5, 5.41) is 4.19. The van der Waals surface area contributed by atoms with E-state index in [2.05, 4.69) is 61.2 Å². The molecule has 1 aromatic heterocycles. The highest BCUT2D eigenvalue weighted by molar-refractivity contribution is 7.08. The molecule has 0 aromatic carbocycles. The molecule has 0 bridgehead atoms. The van der Waals surface area contributed by atoms with E-state index in [1.54, 1.807) is 11.3 Å². The molecule has 1 heterocycles. The number of allylic oxidation sites excluding steroid dienone is 8. The highest BCUT2D eigenvalue weighted by Gasteiger charge is 2.06. The Labute approximate surface area is 120 Å². The molecule has 98 valence electrons. The molecule has 0 fully saturated rings. The molecule has 19 heavy (non-hydrogen) atoms. The van der Waals surface area contributed by atoms with Crippen molar-refractivity contribution in [2.45, 2.75) is 26.2 Å². The van der Waals surface area contributed by atoms with Gasteiger partial charge in [0.15, 0.2) is 0 Å². The van der Waals surface area contributed by atoms with Gasteiger partial charge in [-0.05, 0) is 58.4 Å². The fourth-order valence-corrected chi connectivity index (χ4v) is 2.77. The molecule has 1 heteroatoms. The van der Waals surface area contributed by atoms with Crippen LogP contribution in [-0.2, 0) is 0 Å². The van der Waals surface area contributed by atoms with E-state index in [1.165, 1.54) is 23.1 Å². The van der Waals surface area contributed by atoms with Crippen LogP contribution in [0.4, 0.5) is 0 Å². The largest absolute Gasteiger partial charge is 0.152 e. The average molecular weight is 268 g/mol. The van der Waals surface area contributed by atoms with Crippen LogP contribution in [0, 0.1) is 0 Å². The number of hydrogen-bond donors (Lipinski definition) is 0. The van der Waals surface area contributed by atoms with E-state index in [0.717, 1.165) is 24.0 Å². The molecule has 0 N–H and O–H groups in total. The van der Waals surface area contributed by atoms with Gasteiger partial charge in [-0.2, -0.15) is 11.3 Å². The Morgan fingerprint density at radius 1 is 1.21 bits per heavy atom. The van der Waals surface area contributed by atoms with E-state index < -0.39 is 0 Å². The lowest BCUT2D eigenvalue weighted by Crippen LogP contribution is -1.94. The molecule has 1 aromatic rings. The second-order valence-corrected chi connectivity index (χ2v) is 5.55. The van der Waals surface area contributed by atoms with E-state index in [0.29, 0.717) is 0 Å². The minimum absolute atomic E-state index is 1.04. The fraction of sp³-hybridized carbons (Fsp3) is 0.222. The summed E-state index contributed by atoms with van der Waals surface area (Å²) in [4.78, 5) is 0. The number of rotatable bonds is 5. The van der Waals surface area contributed by atoms with Crippen molar-refractivity contribution in [1.29, 1.82) is 0 Å². The van der Waals surface area contributed by atoms with Crippen molar-refractivity contribution in [2.24, 2.45) is 0 Å². The van der Waals surface area contributed by atoms with Crippen LogP contribution >= 0.6 is 11.3 Å². The first-order valence-corrected chi connectivity index (χ1v) is 7.62. The highest BCUT2D eigenvalue weighted by Crippen LogP contribution is 2.26. The Morgan fingerprint density at radius 3 is 2.58 bits per heavy atom. The average Bonchev–Trinajstić information content (AvgIpc) is 2.98. The zero-order valence-electron chi connectivity index (χ0n) is 11.5. The molecule has 1 aliphatic rings. The van der Waals surface area contributed by atoms with Crippen molar-refractivity contribution in [2.75, 3.05) is 0 Å². The number of thiophene rings is 1. The maximum absolute atomic E-state index is 4.16. The van der Waals surface area contributed by atoms with Crippen molar-refractivity contribution in [3.8, 4) is 0 Å². The normalized spacial score (nSPS) is 15.2. The lowest BCUT2D eigenvalue weighted by Gasteiger charge is -2.13. The Morgan fingerprint density at radius 2 is 2.00 bits per heavy atom. The van der Waals surface area contributed by atoms with Gasteiger partial charge in [0.05, 0.1) is 0 Å². The van der Waals surface area contributed by atoms with Gasteiger partial charge in [-0.1, -0.05) is 50.0 Å². The third kappa shape index (κ3) is 3.68. The molecular formula is C18H20S. The van der Waals surface area contributed by atoms with Crippen LogP contribution in [-0.4, -0.2) is 0 Å². The van der Waals surface area contributed by atoms with Gasteiger partial charge >= 0.3 is 0 Å². The van der Waals surface area contributed by atoms with Crippen molar-refractivity contribution in [3.05, 3.63) is 76.6 Å². The molecule has 0 nitrogen and oxygen atoms in total. The van der Waals surface area contributed by atoms with Gasteiger partial charge in [0.1, 0.15) is 0 Å². The molecule has 0 atom stereocenters. The molecule has 0 saturated carbocycles. The summed E-state index contributed by atoms with van der Waals surface area (Å²) < 4.78 is 0. The maximum atomic E-state index is 4.16. The zero-order valence-corrected chi connectivity index (χ0v) is 12.3. The third-order valence-electron chi connectivity index (χ3n) is 3.48. The molecule has 0 radical (unpaired) electrons. The second-order valence-electron chi connectivity index (χ2n) is 4.77. The van der Waals surface area contributed by atoms with E-state index in [9.17, 15) is 0 Å². The highest BCUT2D eigenvalue weighted by atomic mass is 32.1. The molecule has 0 unspecified atom stereocenters. The molecular weight excluding hydrogens is 248 g/mol.